The van der Waals surface area contributed by atoms with Gasteiger partial charge < -0.3 is 9.88 Å². The van der Waals surface area contributed by atoms with Crippen molar-refractivity contribution in [3.05, 3.63) is 88.3 Å². The van der Waals surface area contributed by atoms with E-state index >= 15 is 0 Å². The molecule has 1 N–H and O–H groups in total. The summed E-state index contributed by atoms with van der Waals surface area (Å²) in [6.07, 6.45) is 1.57. The smallest absolute Gasteiger partial charge is 0.264 e. The van der Waals surface area contributed by atoms with Crippen LogP contribution in [0.2, 0.25) is 0 Å². The molecule has 126 valence electrons. The Bertz CT molecular complexity index is 945. The molecule has 0 radical (unpaired) electrons. The molecule has 0 fully saturated rings. The quantitative estimate of drug-likeness (QED) is 0.784. The number of aromatic nitrogens is 1. The summed E-state index contributed by atoms with van der Waals surface area (Å²) in [4.78, 5) is 29.9. The van der Waals surface area contributed by atoms with E-state index in [0.29, 0.717) is 12.1 Å². The SMILES string of the molecule is CCN(C(=O)c1c(-c2ccccc2)cc[nH]c1=O)c1cccc(C)c1. The third-order valence-electron chi connectivity index (χ3n) is 4.13. The predicted octanol–water partition coefficient (Wildman–Crippen LogP) is 4.02. The zero-order valence-electron chi connectivity index (χ0n) is 14.3. The van der Waals surface area contributed by atoms with Crippen LogP contribution in [0.25, 0.3) is 11.1 Å². The van der Waals surface area contributed by atoms with E-state index in [9.17, 15) is 9.59 Å². The molecule has 0 saturated heterocycles. The number of pyridine rings is 1. The van der Waals surface area contributed by atoms with E-state index in [2.05, 4.69) is 4.98 Å². The van der Waals surface area contributed by atoms with Crippen molar-refractivity contribution in [3.63, 3.8) is 0 Å². The van der Waals surface area contributed by atoms with Crippen molar-refractivity contribution in [3.8, 4) is 11.1 Å². The molecular formula is C21H20N2O2. The Morgan fingerprint density at radius 2 is 1.80 bits per heavy atom. The van der Waals surface area contributed by atoms with Crippen molar-refractivity contribution in [1.29, 1.82) is 0 Å². The zero-order valence-corrected chi connectivity index (χ0v) is 14.3. The molecule has 0 aliphatic rings. The van der Waals surface area contributed by atoms with Gasteiger partial charge in [-0.1, -0.05) is 42.5 Å². The summed E-state index contributed by atoms with van der Waals surface area (Å²) in [5, 5.41) is 0. The van der Waals surface area contributed by atoms with Gasteiger partial charge in [0.1, 0.15) is 5.56 Å². The molecule has 3 rings (SSSR count). The van der Waals surface area contributed by atoms with Crippen LogP contribution in [0.4, 0.5) is 5.69 Å². The number of amides is 1. The van der Waals surface area contributed by atoms with Gasteiger partial charge in [0.05, 0.1) is 0 Å². The van der Waals surface area contributed by atoms with Crippen LogP contribution in [0.5, 0.6) is 0 Å². The van der Waals surface area contributed by atoms with Crippen LogP contribution in [0.15, 0.2) is 71.7 Å². The third-order valence-corrected chi connectivity index (χ3v) is 4.13. The fourth-order valence-corrected chi connectivity index (χ4v) is 2.92. The third kappa shape index (κ3) is 3.38. The van der Waals surface area contributed by atoms with Gasteiger partial charge in [0, 0.05) is 24.0 Å². The molecule has 4 nitrogen and oxygen atoms in total. The first kappa shape index (κ1) is 16.7. The fourth-order valence-electron chi connectivity index (χ4n) is 2.92. The maximum Gasteiger partial charge on any atom is 0.264 e. The molecule has 25 heavy (non-hydrogen) atoms. The van der Waals surface area contributed by atoms with Gasteiger partial charge in [-0.05, 0) is 43.2 Å². The molecule has 0 atom stereocenters. The van der Waals surface area contributed by atoms with E-state index < -0.39 is 0 Å². The summed E-state index contributed by atoms with van der Waals surface area (Å²) in [6, 6.07) is 19.0. The number of H-pyrrole nitrogens is 1. The van der Waals surface area contributed by atoms with Gasteiger partial charge in [-0.25, -0.2) is 0 Å². The lowest BCUT2D eigenvalue weighted by molar-refractivity contribution is 0.0987. The minimum absolute atomic E-state index is 0.164. The van der Waals surface area contributed by atoms with Crippen LogP contribution in [0.3, 0.4) is 0 Å². The Labute approximate surface area is 146 Å². The number of carbonyl (C=O) groups is 1. The molecule has 0 aliphatic carbocycles. The van der Waals surface area contributed by atoms with E-state index in [-0.39, 0.29) is 17.0 Å². The van der Waals surface area contributed by atoms with Crippen LogP contribution in [0.1, 0.15) is 22.8 Å². The number of nitrogens with one attached hydrogen (secondary N) is 1. The molecule has 0 saturated carbocycles. The second kappa shape index (κ2) is 7.18. The van der Waals surface area contributed by atoms with Gasteiger partial charge in [-0.15, -0.1) is 0 Å². The molecule has 0 aliphatic heterocycles. The lowest BCUT2D eigenvalue weighted by Crippen LogP contribution is -2.35. The number of anilines is 1. The zero-order chi connectivity index (χ0) is 17.8. The summed E-state index contributed by atoms with van der Waals surface area (Å²) in [6.45, 7) is 4.36. The first-order chi connectivity index (χ1) is 12.1. The van der Waals surface area contributed by atoms with E-state index in [1.807, 2.05) is 68.4 Å². The molecule has 1 aromatic heterocycles. The number of carbonyl (C=O) groups excluding carboxylic acids is 1. The van der Waals surface area contributed by atoms with Gasteiger partial charge in [-0.2, -0.15) is 0 Å². The highest BCUT2D eigenvalue weighted by atomic mass is 16.2. The van der Waals surface area contributed by atoms with Gasteiger partial charge >= 0.3 is 0 Å². The first-order valence-electron chi connectivity index (χ1n) is 8.27. The Morgan fingerprint density at radius 3 is 2.48 bits per heavy atom. The molecule has 1 heterocycles. The Morgan fingerprint density at radius 1 is 1.04 bits per heavy atom. The number of hydrogen-bond acceptors (Lipinski definition) is 2. The largest absolute Gasteiger partial charge is 0.328 e. The number of rotatable bonds is 4. The van der Waals surface area contributed by atoms with E-state index in [0.717, 1.165) is 16.8 Å². The van der Waals surface area contributed by atoms with Crippen molar-refractivity contribution in [1.82, 2.24) is 4.98 Å². The number of aryl methyl sites for hydroxylation is 1. The molecule has 0 bridgehead atoms. The van der Waals surface area contributed by atoms with E-state index in [4.69, 9.17) is 0 Å². The average Bonchev–Trinajstić information content (AvgIpc) is 2.63. The molecule has 4 heteroatoms. The van der Waals surface area contributed by atoms with Crippen molar-refractivity contribution in [2.45, 2.75) is 13.8 Å². The second-order valence-electron chi connectivity index (χ2n) is 5.85. The van der Waals surface area contributed by atoms with Crippen LogP contribution < -0.4 is 10.5 Å². The summed E-state index contributed by atoms with van der Waals surface area (Å²) >= 11 is 0. The molecule has 3 aromatic rings. The van der Waals surface area contributed by atoms with Crippen LogP contribution in [0, 0.1) is 6.92 Å². The standard InChI is InChI=1S/C21H20N2O2/c1-3-23(17-11-7-8-15(2)14-17)21(25)19-18(12-13-22-20(19)24)16-9-5-4-6-10-16/h4-14H,3H2,1-2H3,(H,22,24). The molecular weight excluding hydrogens is 312 g/mol. The maximum absolute atomic E-state index is 13.2. The van der Waals surface area contributed by atoms with Crippen LogP contribution in [-0.4, -0.2) is 17.4 Å². The number of hydrogen-bond donors (Lipinski definition) is 1. The highest BCUT2D eigenvalue weighted by Crippen LogP contribution is 2.24. The van der Waals surface area contributed by atoms with Crippen molar-refractivity contribution in [2.24, 2.45) is 0 Å². The summed E-state index contributed by atoms with van der Waals surface area (Å²) in [5.74, 6) is -0.297. The number of aromatic amines is 1. The van der Waals surface area contributed by atoms with Crippen molar-refractivity contribution >= 4 is 11.6 Å². The van der Waals surface area contributed by atoms with Gasteiger partial charge in [-0.3, -0.25) is 9.59 Å². The minimum atomic E-state index is -0.377. The summed E-state index contributed by atoms with van der Waals surface area (Å²) in [5.41, 5.74) is 3.12. The number of nitrogens with zero attached hydrogens (tertiary/aromatic N) is 1. The molecule has 0 spiro atoms. The topological polar surface area (TPSA) is 53.2 Å². The Hall–Kier alpha value is -3.14. The van der Waals surface area contributed by atoms with Crippen molar-refractivity contribution in [2.75, 3.05) is 11.4 Å². The summed E-state index contributed by atoms with van der Waals surface area (Å²) in [7, 11) is 0. The summed E-state index contributed by atoms with van der Waals surface area (Å²) < 4.78 is 0. The lowest BCUT2D eigenvalue weighted by Gasteiger charge is -2.22. The Balaban J connectivity index is 2.12. The van der Waals surface area contributed by atoms with Gasteiger partial charge in [0.25, 0.3) is 11.5 Å². The van der Waals surface area contributed by atoms with Crippen molar-refractivity contribution < 1.29 is 4.79 Å². The Kier molecular flexibility index (Phi) is 4.80. The van der Waals surface area contributed by atoms with Gasteiger partial charge in [0.2, 0.25) is 0 Å². The van der Waals surface area contributed by atoms with E-state index in [1.54, 1.807) is 17.2 Å². The lowest BCUT2D eigenvalue weighted by atomic mass is 10.0. The maximum atomic E-state index is 13.2. The molecule has 1 amide bonds. The monoisotopic (exact) mass is 332 g/mol. The molecule has 2 aromatic carbocycles. The van der Waals surface area contributed by atoms with Crippen LogP contribution in [-0.2, 0) is 0 Å². The fraction of sp³-hybridized carbons (Fsp3) is 0.143. The highest BCUT2D eigenvalue weighted by Gasteiger charge is 2.23. The average molecular weight is 332 g/mol. The molecule has 0 unspecified atom stereocenters. The predicted molar refractivity (Wildman–Crippen MR) is 101 cm³/mol. The van der Waals surface area contributed by atoms with Gasteiger partial charge in [0.15, 0.2) is 0 Å². The number of benzene rings is 2. The van der Waals surface area contributed by atoms with E-state index in [1.165, 1.54) is 0 Å². The normalized spacial score (nSPS) is 10.5. The minimum Gasteiger partial charge on any atom is -0.328 e. The second-order valence-corrected chi connectivity index (χ2v) is 5.85. The highest BCUT2D eigenvalue weighted by molar-refractivity contribution is 6.09. The van der Waals surface area contributed by atoms with Crippen LogP contribution >= 0.6 is 0 Å². The first-order valence-corrected chi connectivity index (χ1v) is 8.27.